The Morgan fingerprint density at radius 2 is 1.56 bits per heavy atom. The highest BCUT2D eigenvalue weighted by molar-refractivity contribution is 9.10. The smallest absolute Gasteiger partial charge is 0.267 e. The summed E-state index contributed by atoms with van der Waals surface area (Å²) in [5.74, 6) is 0.0957. The second-order valence-electron chi connectivity index (χ2n) is 10.4. The predicted octanol–water partition coefficient (Wildman–Crippen LogP) is 6.46. The summed E-state index contributed by atoms with van der Waals surface area (Å²) in [5, 5.41) is 4.56. The number of halogens is 1. The number of pyridine rings is 1. The van der Waals surface area contributed by atoms with Crippen LogP contribution < -0.4 is 5.73 Å². The number of ketones is 1. The van der Waals surface area contributed by atoms with E-state index in [1.54, 1.807) is 23.1 Å². The molecule has 2 aliphatic carbocycles. The van der Waals surface area contributed by atoms with Crippen molar-refractivity contribution in [2.45, 2.75) is 90.0 Å². The molecule has 7 heteroatoms. The van der Waals surface area contributed by atoms with Gasteiger partial charge in [0, 0.05) is 22.3 Å². The molecule has 0 spiro atoms. The topological polar surface area (TPSA) is 90.9 Å². The van der Waals surface area contributed by atoms with E-state index in [0.29, 0.717) is 28.8 Å². The SMILES string of the molecule is CC(C)n1ncc(C(C(=O)c2ccc(Br)cn2)C(C2CCCCC2)C2CCCCC2)c1C(N)=O. The number of carbonyl (C=O) groups excluding carboxylic acids is 2. The lowest BCUT2D eigenvalue weighted by Gasteiger charge is -2.42. The highest BCUT2D eigenvalue weighted by atomic mass is 79.9. The molecule has 1 unspecified atom stereocenters. The van der Waals surface area contributed by atoms with Crippen molar-refractivity contribution >= 4 is 27.6 Å². The minimum Gasteiger partial charge on any atom is -0.364 e. The summed E-state index contributed by atoms with van der Waals surface area (Å²) >= 11 is 3.43. The first kappa shape index (κ1) is 25.1. The van der Waals surface area contributed by atoms with Gasteiger partial charge in [-0.25, -0.2) is 0 Å². The number of carbonyl (C=O) groups is 2. The summed E-state index contributed by atoms with van der Waals surface area (Å²) in [4.78, 5) is 31.5. The van der Waals surface area contributed by atoms with Crippen LogP contribution in [-0.2, 0) is 0 Å². The molecule has 1 atom stereocenters. The predicted molar refractivity (Wildman–Crippen MR) is 137 cm³/mol. The summed E-state index contributed by atoms with van der Waals surface area (Å²) in [6, 6.07) is 3.62. The molecule has 1 amide bonds. The summed E-state index contributed by atoms with van der Waals surface area (Å²) in [6.45, 7) is 3.96. The van der Waals surface area contributed by atoms with Crippen LogP contribution in [0.1, 0.15) is 117 Å². The third-order valence-electron chi connectivity index (χ3n) is 7.92. The van der Waals surface area contributed by atoms with Gasteiger partial charge >= 0.3 is 0 Å². The first-order chi connectivity index (χ1) is 16.4. The summed E-state index contributed by atoms with van der Waals surface area (Å²) < 4.78 is 2.52. The molecule has 6 nitrogen and oxygen atoms in total. The zero-order valence-electron chi connectivity index (χ0n) is 20.4. The molecule has 0 bridgehead atoms. The van der Waals surface area contributed by atoms with Crippen molar-refractivity contribution < 1.29 is 9.59 Å². The molecule has 2 aromatic rings. The molecule has 0 aliphatic heterocycles. The van der Waals surface area contributed by atoms with Gasteiger partial charge in [-0.15, -0.1) is 0 Å². The van der Waals surface area contributed by atoms with Crippen molar-refractivity contribution in [3.8, 4) is 0 Å². The molecule has 184 valence electrons. The number of rotatable bonds is 8. The quantitative estimate of drug-likeness (QED) is 0.397. The van der Waals surface area contributed by atoms with Crippen LogP contribution in [0.5, 0.6) is 0 Å². The number of primary amides is 1. The monoisotopic (exact) mass is 528 g/mol. The maximum atomic E-state index is 14.3. The van der Waals surface area contributed by atoms with Crippen LogP contribution in [0.25, 0.3) is 0 Å². The van der Waals surface area contributed by atoms with Gasteiger partial charge in [-0.1, -0.05) is 64.2 Å². The molecule has 2 aliphatic rings. The molecule has 0 saturated heterocycles. The highest BCUT2D eigenvalue weighted by Crippen LogP contribution is 2.48. The highest BCUT2D eigenvalue weighted by Gasteiger charge is 2.43. The Hall–Kier alpha value is -2.02. The third kappa shape index (κ3) is 5.29. The van der Waals surface area contributed by atoms with Gasteiger partial charge in [0.2, 0.25) is 0 Å². The first-order valence-corrected chi connectivity index (χ1v) is 13.7. The number of aromatic nitrogens is 3. The molecular formula is C27H37BrN4O2. The van der Waals surface area contributed by atoms with Crippen molar-refractivity contribution in [3.05, 3.63) is 46.0 Å². The number of nitrogens with zero attached hydrogens (tertiary/aromatic N) is 3. The Morgan fingerprint density at radius 1 is 0.971 bits per heavy atom. The second kappa shape index (κ2) is 11.1. The Kier molecular flexibility index (Phi) is 8.22. The molecule has 4 rings (SSSR count). The van der Waals surface area contributed by atoms with Gasteiger partial charge < -0.3 is 5.73 Å². The number of nitrogens with two attached hydrogens (primary N) is 1. The van der Waals surface area contributed by atoms with Gasteiger partial charge in [-0.3, -0.25) is 19.3 Å². The average molecular weight is 530 g/mol. The van der Waals surface area contributed by atoms with Gasteiger partial charge in [0.05, 0.1) is 12.1 Å². The molecule has 2 fully saturated rings. The lowest BCUT2D eigenvalue weighted by molar-refractivity contribution is 0.0752. The molecule has 2 saturated carbocycles. The van der Waals surface area contributed by atoms with E-state index in [1.165, 1.54) is 38.5 Å². The summed E-state index contributed by atoms with van der Waals surface area (Å²) in [6.07, 6.45) is 15.3. The number of hydrogen-bond acceptors (Lipinski definition) is 4. The van der Waals surface area contributed by atoms with Crippen molar-refractivity contribution in [2.75, 3.05) is 0 Å². The molecule has 0 aromatic carbocycles. The van der Waals surface area contributed by atoms with E-state index in [-0.39, 0.29) is 17.7 Å². The van der Waals surface area contributed by atoms with Crippen LogP contribution in [0.4, 0.5) is 0 Å². The van der Waals surface area contributed by atoms with Crippen LogP contribution in [-0.4, -0.2) is 26.5 Å². The molecule has 34 heavy (non-hydrogen) atoms. The molecule has 2 aromatic heterocycles. The third-order valence-corrected chi connectivity index (χ3v) is 8.39. The summed E-state index contributed by atoms with van der Waals surface area (Å²) in [7, 11) is 0. The van der Waals surface area contributed by atoms with Gasteiger partial charge in [0.25, 0.3) is 5.91 Å². The normalized spacial score (nSPS) is 19.0. The van der Waals surface area contributed by atoms with E-state index in [1.807, 2.05) is 19.9 Å². The molecular weight excluding hydrogens is 492 g/mol. The van der Waals surface area contributed by atoms with Crippen molar-refractivity contribution in [1.82, 2.24) is 14.8 Å². The van der Waals surface area contributed by atoms with E-state index in [2.05, 4.69) is 26.0 Å². The van der Waals surface area contributed by atoms with Crippen molar-refractivity contribution in [1.29, 1.82) is 0 Å². The van der Waals surface area contributed by atoms with E-state index < -0.39 is 11.8 Å². The zero-order valence-corrected chi connectivity index (χ0v) is 22.0. The van der Waals surface area contributed by atoms with E-state index in [0.717, 1.165) is 30.2 Å². The number of Topliss-reactive ketones (excluding diaryl/α,β-unsaturated/α-hetero) is 1. The largest absolute Gasteiger partial charge is 0.364 e. The maximum Gasteiger partial charge on any atom is 0.267 e. The van der Waals surface area contributed by atoms with E-state index in [4.69, 9.17) is 5.73 Å². The van der Waals surface area contributed by atoms with Crippen LogP contribution in [0.15, 0.2) is 29.0 Å². The molecule has 2 heterocycles. The standard InChI is InChI=1S/C27H37BrN4O2/c1-17(2)32-25(27(29)34)21(16-31-32)24(26(33)22-14-13-20(28)15-30-22)23(18-9-5-3-6-10-18)19-11-7-4-8-12-19/h13-19,23-24H,3-12H2,1-2H3,(H2,29,34). The van der Waals surface area contributed by atoms with Crippen LogP contribution >= 0.6 is 15.9 Å². The van der Waals surface area contributed by atoms with Gasteiger partial charge in [-0.05, 0) is 59.7 Å². The fourth-order valence-electron chi connectivity index (χ4n) is 6.42. The first-order valence-electron chi connectivity index (χ1n) is 12.9. The Bertz CT molecular complexity index is 971. The van der Waals surface area contributed by atoms with Crippen LogP contribution in [0.2, 0.25) is 0 Å². The zero-order chi connectivity index (χ0) is 24.2. The lowest BCUT2D eigenvalue weighted by Crippen LogP contribution is -2.37. The average Bonchev–Trinajstić information content (AvgIpc) is 3.29. The van der Waals surface area contributed by atoms with Crippen molar-refractivity contribution in [2.24, 2.45) is 23.5 Å². The number of hydrogen-bond donors (Lipinski definition) is 1. The van der Waals surface area contributed by atoms with Gasteiger partial charge in [0.15, 0.2) is 5.78 Å². The van der Waals surface area contributed by atoms with Gasteiger partial charge in [0.1, 0.15) is 11.4 Å². The molecule has 0 radical (unpaired) electrons. The minimum absolute atomic E-state index is 0.0144. The number of amides is 1. The Labute approximate surface area is 211 Å². The Morgan fingerprint density at radius 3 is 2.03 bits per heavy atom. The second-order valence-corrected chi connectivity index (χ2v) is 11.3. The van der Waals surface area contributed by atoms with E-state index >= 15 is 0 Å². The molecule has 2 N–H and O–H groups in total. The van der Waals surface area contributed by atoms with Crippen LogP contribution in [0, 0.1) is 17.8 Å². The van der Waals surface area contributed by atoms with Crippen molar-refractivity contribution in [3.63, 3.8) is 0 Å². The fraction of sp³-hybridized carbons (Fsp3) is 0.630. The summed E-state index contributed by atoms with van der Waals surface area (Å²) in [5.41, 5.74) is 7.43. The lowest BCUT2D eigenvalue weighted by atomic mass is 9.62. The minimum atomic E-state index is -0.520. The maximum absolute atomic E-state index is 14.3. The van der Waals surface area contributed by atoms with E-state index in [9.17, 15) is 9.59 Å². The van der Waals surface area contributed by atoms with Gasteiger partial charge in [-0.2, -0.15) is 5.10 Å². The van der Waals surface area contributed by atoms with Crippen LogP contribution in [0.3, 0.4) is 0 Å². The Balaban J connectivity index is 1.87. The fourth-order valence-corrected chi connectivity index (χ4v) is 6.66.